The molecule has 1 rings (SSSR count). The van der Waals surface area contributed by atoms with E-state index in [0.29, 0.717) is 11.5 Å². The number of aromatic nitrogens is 1. The van der Waals surface area contributed by atoms with E-state index < -0.39 is 0 Å². The quantitative estimate of drug-likeness (QED) is 0.517. The van der Waals surface area contributed by atoms with E-state index in [2.05, 4.69) is 11.6 Å². The topological polar surface area (TPSA) is 67.8 Å². The monoisotopic (exact) mass is 123 g/mol. The van der Waals surface area contributed by atoms with Gasteiger partial charge >= 0.3 is 0 Å². The van der Waals surface area contributed by atoms with Crippen molar-refractivity contribution in [3.8, 4) is 0 Å². The molecule has 3 heteroatoms. The maximum Gasteiger partial charge on any atom is 0.103 e. The number of hydrogen-bond donors (Lipinski definition) is 3. The van der Waals surface area contributed by atoms with Crippen LogP contribution in [0.1, 0.15) is 5.69 Å². The fourth-order valence-corrected chi connectivity index (χ4v) is 0.678. The highest BCUT2D eigenvalue weighted by Crippen LogP contribution is 2.14. The summed E-state index contributed by atoms with van der Waals surface area (Å²) in [6.45, 7) is 3.54. The van der Waals surface area contributed by atoms with E-state index in [1.54, 1.807) is 12.1 Å². The van der Waals surface area contributed by atoms with Gasteiger partial charge in [-0.3, -0.25) is 0 Å². The van der Waals surface area contributed by atoms with Crippen molar-refractivity contribution in [1.82, 2.24) is 4.98 Å². The molecule has 0 amide bonds. The lowest BCUT2D eigenvalue weighted by Crippen LogP contribution is -1.83. The zero-order chi connectivity index (χ0) is 6.85. The second kappa shape index (κ2) is 1.85. The third-order valence-corrected chi connectivity index (χ3v) is 1.11. The Morgan fingerprint density at radius 3 is 2.44 bits per heavy atom. The van der Waals surface area contributed by atoms with Gasteiger partial charge in [0.2, 0.25) is 0 Å². The molecular weight excluding hydrogens is 114 g/mol. The fourth-order valence-electron chi connectivity index (χ4n) is 0.678. The molecule has 9 heavy (non-hydrogen) atoms. The summed E-state index contributed by atoms with van der Waals surface area (Å²) < 4.78 is 0. The van der Waals surface area contributed by atoms with E-state index >= 15 is 0 Å². The molecule has 48 valence electrons. The minimum atomic E-state index is 0.572. The minimum Gasteiger partial charge on any atom is -0.397 e. The average Bonchev–Trinajstić information content (AvgIpc) is 2.10. The smallest absolute Gasteiger partial charge is 0.103 e. The van der Waals surface area contributed by atoms with Crippen molar-refractivity contribution in [3.05, 3.63) is 18.3 Å². The minimum absolute atomic E-state index is 0.572. The van der Waals surface area contributed by atoms with Crippen LogP contribution in [0.4, 0.5) is 11.5 Å². The molecule has 0 radical (unpaired) electrons. The van der Waals surface area contributed by atoms with Crippen LogP contribution in [-0.2, 0) is 0 Å². The molecule has 0 saturated carbocycles. The summed E-state index contributed by atoms with van der Waals surface area (Å²) in [5.41, 5.74) is 12.3. The Bertz CT molecular complexity index is 224. The molecule has 1 aromatic heterocycles. The van der Waals surface area contributed by atoms with Crippen LogP contribution in [0.2, 0.25) is 0 Å². The molecule has 1 aromatic rings. The summed E-state index contributed by atoms with van der Waals surface area (Å²) in [6.07, 6.45) is 1.63. The summed E-state index contributed by atoms with van der Waals surface area (Å²) >= 11 is 0. The first-order valence-electron chi connectivity index (χ1n) is 2.60. The van der Waals surface area contributed by atoms with E-state index in [1.807, 2.05) is 0 Å². The number of nitrogens with two attached hydrogens (primary N) is 2. The molecule has 0 spiro atoms. The Labute approximate surface area is 53.4 Å². The van der Waals surface area contributed by atoms with Crippen LogP contribution in [0.25, 0.3) is 6.08 Å². The highest BCUT2D eigenvalue weighted by Gasteiger charge is 1.95. The lowest BCUT2D eigenvalue weighted by Gasteiger charge is -1.85. The van der Waals surface area contributed by atoms with Gasteiger partial charge in [-0.15, -0.1) is 0 Å². The fraction of sp³-hybridized carbons (Fsp3) is 0. The van der Waals surface area contributed by atoms with Gasteiger partial charge in [0.1, 0.15) is 5.82 Å². The predicted molar refractivity (Wildman–Crippen MR) is 39.7 cm³/mol. The van der Waals surface area contributed by atoms with E-state index in [4.69, 9.17) is 11.5 Å². The van der Waals surface area contributed by atoms with E-state index in [-0.39, 0.29) is 0 Å². The van der Waals surface area contributed by atoms with Crippen LogP contribution >= 0.6 is 0 Å². The van der Waals surface area contributed by atoms with Crippen molar-refractivity contribution in [2.45, 2.75) is 0 Å². The number of nitrogen functional groups attached to an aromatic ring is 2. The summed E-state index contributed by atoms with van der Waals surface area (Å²) in [5.74, 6) is 0.572. The van der Waals surface area contributed by atoms with Crippen molar-refractivity contribution in [1.29, 1.82) is 0 Å². The van der Waals surface area contributed by atoms with Gasteiger partial charge in [-0.05, 0) is 6.08 Å². The van der Waals surface area contributed by atoms with Crippen LogP contribution in [0.5, 0.6) is 0 Å². The van der Waals surface area contributed by atoms with Crippen molar-refractivity contribution < 1.29 is 0 Å². The average molecular weight is 123 g/mol. The largest absolute Gasteiger partial charge is 0.397 e. The van der Waals surface area contributed by atoms with Gasteiger partial charge in [-0.2, -0.15) is 0 Å². The van der Waals surface area contributed by atoms with Crippen molar-refractivity contribution >= 4 is 17.6 Å². The zero-order valence-electron chi connectivity index (χ0n) is 5.02. The van der Waals surface area contributed by atoms with Crippen LogP contribution in [0, 0.1) is 0 Å². The molecule has 0 unspecified atom stereocenters. The molecule has 0 aliphatic heterocycles. The third-order valence-electron chi connectivity index (χ3n) is 1.11. The second-order valence-corrected chi connectivity index (χ2v) is 1.80. The first-order valence-corrected chi connectivity index (χ1v) is 2.60. The molecule has 0 fully saturated rings. The molecule has 0 saturated heterocycles. The van der Waals surface area contributed by atoms with Gasteiger partial charge in [0.15, 0.2) is 0 Å². The Kier molecular flexibility index (Phi) is 1.18. The van der Waals surface area contributed by atoms with Crippen LogP contribution < -0.4 is 11.5 Å². The molecule has 1 heterocycles. The zero-order valence-corrected chi connectivity index (χ0v) is 5.02. The number of rotatable bonds is 1. The molecule has 5 N–H and O–H groups in total. The van der Waals surface area contributed by atoms with Crippen LogP contribution in [0.3, 0.4) is 0 Å². The van der Waals surface area contributed by atoms with Gasteiger partial charge in [0.25, 0.3) is 0 Å². The van der Waals surface area contributed by atoms with Gasteiger partial charge in [-0.25, -0.2) is 0 Å². The van der Waals surface area contributed by atoms with Gasteiger partial charge in [0.05, 0.1) is 11.4 Å². The molecule has 0 aromatic carbocycles. The van der Waals surface area contributed by atoms with E-state index in [0.717, 1.165) is 5.69 Å². The third kappa shape index (κ3) is 0.887. The van der Waals surface area contributed by atoms with E-state index in [9.17, 15) is 0 Å². The first-order chi connectivity index (χ1) is 4.24. The second-order valence-electron chi connectivity index (χ2n) is 1.80. The maximum atomic E-state index is 5.47. The predicted octanol–water partition coefficient (Wildman–Crippen LogP) is 0.822. The van der Waals surface area contributed by atoms with Gasteiger partial charge in [0, 0.05) is 6.07 Å². The summed E-state index contributed by atoms with van der Waals surface area (Å²) in [7, 11) is 0. The molecule has 3 nitrogen and oxygen atoms in total. The van der Waals surface area contributed by atoms with E-state index in [1.165, 1.54) is 0 Å². The highest BCUT2D eigenvalue weighted by atomic mass is 14.9. The van der Waals surface area contributed by atoms with Gasteiger partial charge in [-0.1, -0.05) is 6.58 Å². The molecule has 0 aliphatic rings. The summed E-state index contributed by atoms with van der Waals surface area (Å²) in [6, 6.07) is 1.66. The number of anilines is 2. The standard InChI is InChI=1S/C6H9N3/c1-2-5-4(7)3-6(8)9-5/h2-3,9H,1,7-8H2. The Balaban J connectivity index is 3.15. The summed E-state index contributed by atoms with van der Waals surface area (Å²) in [5, 5.41) is 0. The maximum absolute atomic E-state index is 5.47. The number of H-pyrrole nitrogens is 1. The van der Waals surface area contributed by atoms with Crippen LogP contribution in [-0.4, -0.2) is 4.98 Å². The summed E-state index contributed by atoms with van der Waals surface area (Å²) in [4.78, 5) is 2.83. The SMILES string of the molecule is C=Cc1[nH]c(N)cc1N. The molecule has 0 aliphatic carbocycles. The van der Waals surface area contributed by atoms with Crippen molar-refractivity contribution in [2.75, 3.05) is 11.5 Å². The lowest BCUT2D eigenvalue weighted by atomic mass is 10.4. The molecule has 0 bridgehead atoms. The highest BCUT2D eigenvalue weighted by molar-refractivity contribution is 5.65. The Morgan fingerprint density at radius 2 is 2.22 bits per heavy atom. The molecular formula is C6H9N3. The Morgan fingerprint density at radius 1 is 1.56 bits per heavy atom. The number of hydrogen-bond acceptors (Lipinski definition) is 2. The number of nitrogens with one attached hydrogen (secondary N) is 1. The molecule has 0 atom stereocenters. The number of aromatic amines is 1. The lowest BCUT2D eigenvalue weighted by molar-refractivity contribution is 1.38. The van der Waals surface area contributed by atoms with Crippen molar-refractivity contribution in [3.63, 3.8) is 0 Å². The van der Waals surface area contributed by atoms with Crippen molar-refractivity contribution in [2.24, 2.45) is 0 Å². The Hall–Kier alpha value is -1.38. The van der Waals surface area contributed by atoms with Crippen LogP contribution in [0.15, 0.2) is 12.6 Å². The van der Waals surface area contributed by atoms with Gasteiger partial charge < -0.3 is 16.5 Å². The normalized spacial score (nSPS) is 9.33. The first kappa shape index (κ1) is 5.75.